The standard InChI is InChI=1S/C32H29FN6O/c1-5-6-14-29(38-23(3)34-4)27-12-10-21-36-32(27)40-25-18-16-24(17-19-25)37-22(2)26-11-9-20-35-31(26)39-30-15-8-7-13-28(30)33/h6-21,37H,1-2H2,3-4H3,(H,34,38)(H,35,39)/b29-14-. The average molecular weight is 533 g/mol. The van der Waals surface area contributed by atoms with Gasteiger partial charge in [0.1, 0.15) is 17.4 Å². The first-order valence-corrected chi connectivity index (χ1v) is 12.4. The van der Waals surface area contributed by atoms with Gasteiger partial charge in [0.25, 0.3) is 0 Å². The fourth-order valence-electron chi connectivity index (χ4n) is 3.67. The van der Waals surface area contributed by atoms with Gasteiger partial charge in [-0.15, -0.1) is 5.73 Å². The Balaban J connectivity index is 1.50. The summed E-state index contributed by atoms with van der Waals surface area (Å²) in [6, 6.07) is 21.2. The van der Waals surface area contributed by atoms with Crippen LogP contribution in [0.5, 0.6) is 11.6 Å². The predicted octanol–water partition coefficient (Wildman–Crippen LogP) is 7.55. The molecule has 40 heavy (non-hydrogen) atoms. The second-order valence-electron chi connectivity index (χ2n) is 8.48. The maximum Gasteiger partial charge on any atom is 0.228 e. The number of para-hydroxylation sites is 1. The highest BCUT2D eigenvalue weighted by molar-refractivity contribution is 5.90. The second kappa shape index (κ2) is 13.4. The molecule has 3 N–H and O–H groups in total. The molecule has 0 aliphatic rings. The zero-order valence-electron chi connectivity index (χ0n) is 22.3. The zero-order valence-corrected chi connectivity index (χ0v) is 22.3. The van der Waals surface area contributed by atoms with E-state index in [1.807, 2.05) is 55.5 Å². The van der Waals surface area contributed by atoms with Crippen molar-refractivity contribution in [1.82, 2.24) is 15.3 Å². The van der Waals surface area contributed by atoms with Crippen molar-refractivity contribution in [3.63, 3.8) is 0 Å². The number of allylic oxidation sites excluding steroid dienone is 2. The maximum absolute atomic E-state index is 14.2. The van der Waals surface area contributed by atoms with E-state index in [0.29, 0.717) is 34.4 Å². The highest BCUT2D eigenvalue weighted by Gasteiger charge is 2.13. The van der Waals surface area contributed by atoms with E-state index < -0.39 is 0 Å². The molecule has 0 aliphatic heterocycles. The summed E-state index contributed by atoms with van der Waals surface area (Å²) in [7, 11) is 1.71. The number of hydrogen-bond donors (Lipinski definition) is 3. The topological polar surface area (TPSA) is 83.5 Å². The summed E-state index contributed by atoms with van der Waals surface area (Å²) in [4.78, 5) is 13.0. The number of benzene rings is 2. The lowest BCUT2D eigenvalue weighted by Gasteiger charge is -2.16. The van der Waals surface area contributed by atoms with Crippen LogP contribution in [0.15, 0.2) is 121 Å². The van der Waals surface area contributed by atoms with Crippen LogP contribution in [-0.2, 0) is 0 Å². The van der Waals surface area contributed by atoms with E-state index in [-0.39, 0.29) is 5.82 Å². The van der Waals surface area contributed by atoms with Crippen molar-refractivity contribution in [2.24, 2.45) is 4.99 Å². The molecule has 7 nitrogen and oxygen atoms in total. The molecule has 0 unspecified atom stereocenters. The van der Waals surface area contributed by atoms with Gasteiger partial charge in [-0.1, -0.05) is 25.3 Å². The number of ether oxygens (including phenoxy) is 1. The van der Waals surface area contributed by atoms with Gasteiger partial charge in [0.05, 0.1) is 22.8 Å². The summed E-state index contributed by atoms with van der Waals surface area (Å²) in [5.41, 5.74) is 6.65. The SMILES string of the molecule is C=C=C/C=C(\NC(C)=NC)c1cccnc1Oc1ccc(NC(=C)c2cccnc2Nc2ccccc2F)cc1. The molecule has 0 atom stereocenters. The van der Waals surface area contributed by atoms with Crippen molar-refractivity contribution < 1.29 is 9.13 Å². The first-order chi connectivity index (χ1) is 19.5. The molecule has 2 heterocycles. The smallest absolute Gasteiger partial charge is 0.228 e. The normalized spacial score (nSPS) is 11.3. The van der Waals surface area contributed by atoms with E-state index in [9.17, 15) is 4.39 Å². The minimum Gasteiger partial charge on any atom is -0.438 e. The van der Waals surface area contributed by atoms with Crippen LogP contribution in [0, 0.1) is 5.82 Å². The van der Waals surface area contributed by atoms with Crippen LogP contribution in [0.3, 0.4) is 0 Å². The van der Waals surface area contributed by atoms with E-state index in [4.69, 9.17) is 4.74 Å². The molecule has 0 saturated heterocycles. The number of rotatable bonds is 10. The molecule has 0 radical (unpaired) electrons. The number of hydrogen-bond acceptors (Lipinski definition) is 6. The monoisotopic (exact) mass is 532 g/mol. The average Bonchev–Trinajstić information content (AvgIpc) is 2.98. The van der Waals surface area contributed by atoms with Gasteiger partial charge >= 0.3 is 0 Å². The number of nitrogens with zero attached hydrogens (tertiary/aromatic N) is 3. The number of anilines is 3. The molecule has 0 spiro atoms. The molecule has 0 saturated carbocycles. The number of pyridine rings is 2. The van der Waals surface area contributed by atoms with Gasteiger partial charge in [0, 0.05) is 36.4 Å². The molecule has 0 fully saturated rings. The van der Waals surface area contributed by atoms with Crippen molar-refractivity contribution in [2.45, 2.75) is 6.92 Å². The highest BCUT2D eigenvalue weighted by Crippen LogP contribution is 2.30. The lowest BCUT2D eigenvalue weighted by molar-refractivity contribution is 0.461. The molecule has 0 bridgehead atoms. The molecule has 4 aromatic rings. The van der Waals surface area contributed by atoms with Gasteiger partial charge in [0.15, 0.2) is 0 Å². The van der Waals surface area contributed by atoms with Crippen molar-refractivity contribution in [1.29, 1.82) is 0 Å². The Morgan fingerprint density at radius 2 is 1.70 bits per heavy atom. The molecule has 4 rings (SSSR count). The van der Waals surface area contributed by atoms with Crippen molar-refractivity contribution in [3.8, 4) is 11.6 Å². The van der Waals surface area contributed by atoms with Crippen molar-refractivity contribution in [2.75, 3.05) is 17.7 Å². The molecule has 200 valence electrons. The summed E-state index contributed by atoms with van der Waals surface area (Å²) >= 11 is 0. The number of nitrogens with one attached hydrogen (secondary N) is 3. The van der Waals surface area contributed by atoms with Crippen LogP contribution in [-0.4, -0.2) is 22.9 Å². The number of halogens is 1. The van der Waals surface area contributed by atoms with E-state index >= 15 is 0 Å². The van der Waals surface area contributed by atoms with E-state index in [0.717, 1.165) is 22.8 Å². The minimum absolute atomic E-state index is 0.330. The fourth-order valence-corrected chi connectivity index (χ4v) is 3.67. The Morgan fingerprint density at radius 1 is 0.975 bits per heavy atom. The summed E-state index contributed by atoms with van der Waals surface area (Å²) < 4.78 is 20.3. The Hall–Kier alpha value is -5.46. The number of amidine groups is 1. The molecule has 0 aliphatic carbocycles. The van der Waals surface area contributed by atoms with Gasteiger partial charge in [-0.2, -0.15) is 0 Å². The summed E-state index contributed by atoms with van der Waals surface area (Å²) in [5.74, 6) is 1.87. The summed E-state index contributed by atoms with van der Waals surface area (Å²) in [6.07, 6.45) is 6.84. The van der Waals surface area contributed by atoms with Crippen LogP contribution in [0.2, 0.25) is 0 Å². The van der Waals surface area contributed by atoms with Gasteiger partial charge in [-0.25, -0.2) is 14.4 Å². The van der Waals surface area contributed by atoms with Gasteiger partial charge in [-0.05, 0) is 79.7 Å². The molecule has 0 amide bonds. The zero-order chi connectivity index (χ0) is 28.3. The first kappa shape index (κ1) is 27.6. The van der Waals surface area contributed by atoms with Gasteiger partial charge in [-0.3, -0.25) is 4.99 Å². The maximum atomic E-state index is 14.2. The second-order valence-corrected chi connectivity index (χ2v) is 8.48. The largest absolute Gasteiger partial charge is 0.438 e. The van der Waals surface area contributed by atoms with Crippen LogP contribution >= 0.6 is 0 Å². The third-order valence-corrected chi connectivity index (χ3v) is 5.70. The number of aliphatic imine (C=N–C) groups is 1. The Kier molecular flexibility index (Phi) is 9.22. The van der Waals surface area contributed by atoms with E-state index in [1.54, 1.807) is 49.8 Å². The third-order valence-electron chi connectivity index (χ3n) is 5.70. The van der Waals surface area contributed by atoms with Gasteiger partial charge in [0.2, 0.25) is 5.88 Å². The minimum atomic E-state index is -0.367. The lowest BCUT2D eigenvalue weighted by atomic mass is 10.1. The van der Waals surface area contributed by atoms with Crippen molar-refractivity contribution in [3.05, 3.63) is 133 Å². The van der Waals surface area contributed by atoms with Crippen LogP contribution in [0.25, 0.3) is 11.4 Å². The van der Waals surface area contributed by atoms with Gasteiger partial charge < -0.3 is 20.7 Å². The van der Waals surface area contributed by atoms with E-state index in [2.05, 4.69) is 49.8 Å². The predicted molar refractivity (Wildman–Crippen MR) is 161 cm³/mol. The van der Waals surface area contributed by atoms with Crippen molar-refractivity contribution >= 4 is 34.4 Å². The summed E-state index contributed by atoms with van der Waals surface area (Å²) in [6.45, 7) is 9.65. The highest BCUT2D eigenvalue weighted by atomic mass is 19.1. The fraction of sp³-hybridized carbons (Fsp3) is 0.0625. The third kappa shape index (κ3) is 7.10. The van der Waals surface area contributed by atoms with Crippen LogP contribution < -0.4 is 20.7 Å². The quantitative estimate of drug-likeness (QED) is 0.0846. The summed E-state index contributed by atoms with van der Waals surface area (Å²) in [5, 5.41) is 9.58. The molecular formula is C32H29FN6O. The lowest BCUT2D eigenvalue weighted by Crippen LogP contribution is -2.19. The molecule has 2 aromatic carbocycles. The molecular weight excluding hydrogens is 503 g/mol. The number of aromatic nitrogens is 2. The van der Waals surface area contributed by atoms with Crippen LogP contribution in [0.4, 0.5) is 21.6 Å². The first-order valence-electron chi connectivity index (χ1n) is 12.4. The van der Waals surface area contributed by atoms with E-state index in [1.165, 1.54) is 6.07 Å². The van der Waals surface area contributed by atoms with Crippen LogP contribution in [0.1, 0.15) is 18.1 Å². The Morgan fingerprint density at radius 3 is 2.42 bits per heavy atom. The Bertz CT molecular complexity index is 1600. The molecule has 8 heteroatoms. The Labute approximate surface area is 233 Å². The molecule has 2 aromatic heterocycles.